The quantitative estimate of drug-likeness (QED) is 0.724. The molecule has 0 radical (unpaired) electrons. The highest BCUT2D eigenvalue weighted by Crippen LogP contribution is 2.23. The zero-order valence-electron chi connectivity index (χ0n) is 9.49. The Morgan fingerprint density at radius 1 is 1.47 bits per heavy atom. The second-order valence-corrected chi connectivity index (χ2v) is 4.08. The summed E-state index contributed by atoms with van der Waals surface area (Å²) in [5.41, 5.74) is 2.62. The van der Waals surface area contributed by atoms with Crippen LogP contribution in [0.5, 0.6) is 0 Å². The van der Waals surface area contributed by atoms with Gasteiger partial charge in [0.2, 0.25) is 0 Å². The molecule has 0 spiro atoms. The van der Waals surface area contributed by atoms with Crippen molar-refractivity contribution in [1.29, 1.82) is 0 Å². The third-order valence-electron chi connectivity index (χ3n) is 2.80. The predicted molar refractivity (Wildman–Crippen MR) is 63.2 cm³/mol. The van der Waals surface area contributed by atoms with E-state index < -0.39 is 12.0 Å². The fourth-order valence-corrected chi connectivity index (χ4v) is 1.77. The van der Waals surface area contributed by atoms with Crippen molar-refractivity contribution in [3.8, 4) is 0 Å². The average molecular weight is 234 g/mol. The predicted octanol–water partition coefficient (Wildman–Crippen LogP) is 0.858. The maximum absolute atomic E-state index is 11.8. The number of carbonyl (C=O) groups excluding carboxylic acids is 1. The van der Waals surface area contributed by atoms with E-state index in [0.717, 1.165) is 18.7 Å². The summed E-state index contributed by atoms with van der Waals surface area (Å²) in [7, 11) is 0. The maximum Gasteiger partial charge on any atom is 0.325 e. The van der Waals surface area contributed by atoms with Crippen LogP contribution in [-0.4, -0.2) is 29.6 Å². The van der Waals surface area contributed by atoms with Gasteiger partial charge >= 0.3 is 5.97 Å². The number of benzene rings is 1. The Balaban J connectivity index is 2.12. The fourth-order valence-electron chi connectivity index (χ4n) is 1.77. The summed E-state index contributed by atoms with van der Waals surface area (Å²) in [6.45, 7) is 2.32. The molecule has 1 aromatic rings. The zero-order chi connectivity index (χ0) is 12.4. The van der Waals surface area contributed by atoms with E-state index in [9.17, 15) is 9.59 Å². The molecular weight excluding hydrogens is 220 g/mol. The largest absolute Gasteiger partial charge is 0.480 e. The maximum atomic E-state index is 11.8. The van der Waals surface area contributed by atoms with Crippen LogP contribution < -0.4 is 10.6 Å². The van der Waals surface area contributed by atoms with Gasteiger partial charge in [-0.05, 0) is 31.0 Å². The lowest BCUT2D eigenvalue weighted by atomic mass is 10.1. The van der Waals surface area contributed by atoms with Gasteiger partial charge in [-0.15, -0.1) is 0 Å². The monoisotopic (exact) mass is 234 g/mol. The van der Waals surface area contributed by atoms with Gasteiger partial charge in [-0.2, -0.15) is 0 Å². The molecule has 0 fully saturated rings. The highest BCUT2D eigenvalue weighted by Gasteiger charge is 2.17. The van der Waals surface area contributed by atoms with Crippen molar-refractivity contribution < 1.29 is 14.7 Å². The minimum atomic E-state index is -1.04. The van der Waals surface area contributed by atoms with Gasteiger partial charge in [0.25, 0.3) is 5.91 Å². The standard InChI is InChI=1S/C12H14N2O3/c1-7(12(16)17)14-11(15)9-3-2-8-4-5-13-10(8)6-9/h2-3,6-7,13H,4-5H2,1H3,(H,14,15)(H,16,17)/t7-/m0/s1. The molecule has 0 unspecified atom stereocenters. The number of amides is 1. The first-order valence-corrected chi connectivity index (χ1v) is 5.48. The molecule has 5 heteroatoms. The topological polar surface area (TPSA) is 78.4 Å². The van der Waals surface area contributed by atoms with Crippen molar-refractivity contribution in [2.45, 2.75) is 19.4 Å². The van der Waals surface area contributed by atoms with Gasteiger partial charge in [0.05, 0.1) is 0 Å². The highest BCUT2D eigenvalue weighted by molar-refractivity contribution is 5.97. The molecule has 0 saturated heterocycles. The number of aliphatic carboxylic acids is 1. The van der Waals surface area contributed by atoms with Crippen LogP contribution in [0, 0.1) is 0 Å². The molecule has 0 aliphatic carbocycles. The molecule has 1 aliphatic heterocycles. The van der Waals surface area contributed by atoms with Crippen LogP contribution in [0.15, 0.2) is 18.2 Å². The van der Waals surface area contributed by atoms with Crippen molar-refractivity contribution in [2.24, 2.45) is 0 Å². The Labute approximate surface area is 98.8 Å². The summed E-state index contributed by atoms with van der Waals surface area (Å²) in [5.74, 6) is -1.41. The molecule has 1 atom stereocenters. The van der Waals surface area contributed by atoms with Crippen molar-refractivity contribution >= 4 is 17.6 Å². The van der Waals surface area contributed by atoms with Crippen LogP contribution >= 0.6 is 0 Å². The van der Waals surface area contributed by atoms with Crippen LogP contribution in [0.25, 0.3) is 0 Å². The van der Waals surface area contributed by atoms with E-state index in [1.54, 1.807) is 12.1 Å². The third kappa shape index (κ3) is 2.38. The molecule has 5 nitrogen and oxygen atoms in total. The van der Waals surface area contributed by atoms with E-state index in [1.165, 1.54) is 12.5 Å². The number of carbonyl (C=O) groups is 2. The first-order chi connectivity index (χ1) is 8.08. The summed E-state index contributed by atoms with van der Waals surface area (Å²) in [5, 5.41) is 14.3. The summed E-state index contributed by atoms with van der Waals surface area (Å²) in [6, 6.07) is 4.49. The van der Waals surface area contributed by atoms with Gasteiger partial charge in [0.1, 0.15) is 6.04 Å². The van der Waals surface area contributed by atoms with E-state index in [0.29, 0.717) is 5.56 Å². The Bertz CT molecular complexity index is 471. The zero-order valence-corrected chi connectivity index (χ0v) is 9.49. The van der Waals surface area contributed by atoms with Crippen molar-refractivity contribution in [3.63, 3.8) is 0 Å². The first kappa shape index (κ1) is 11.4. The van der Waals surface area contributed by atoms with Gasteiger partial charge in [0, 0.05) is 17.8 Å². The fraction of sp³-hybridized carbons (Fsp3) is 0.333. The van der Waals surface area contributed by atoms with Gasteiger partial charge in [-0.25, -0.2) is 0 Å². The summed E-state index contributed by atoms with van der Waals surface area (Å²) in [4.78, 5) is 22.4. The van der Waals surface area contributed by atoms with Gasteiger partial charge < -0.3 is 15.7 Å². The molecule has 0 aromatic heterocycles. The lowest BCUT2D eigenvalue weighted by Gasteiger charge is -2.10. The minimum Gasteiger partial charge on any atom is -0.480 e. The number of carboxylic acid groups (broad SMARTS) is 1. The Kier molecular flexibility index (Phi) is 2.99. The number of nitrogens with one attached hydrogen (secondary N) is 2. The molecule has 90 valence electrons. The second-order valence-electron chi connectivity index (χ2n) is 4.08. The molecule has 1 aromatic carbocycles. The summed E-state index contributed by atoms with van der Waals surface area (Å²) >= 11 is 0. The van der Waals surface area contributed by atoms with E-state index >= 15 is 0 Å². The minimum absolute atomic E-state index is 0.364. The molecule has 1 heterocycles. The number of hydrogen-bond acceptors (Lipinski definition) is 3. The normalized spacial score (nSPS) is 14.6. The van der Waals surface area contributed by atoms with E-state index in [1.807, 2.05) is 6.07 Å². The Hall–Kier alpha value is -2.04. The van der Waals surface area contributed by atoms with Crippen LogP contribution in [-0.2, 0) is 11.2 Å². The van der Waals surface area contributed by atoms with Crippen LogP contribution in [0.2, 0.25) is 0 Å². The van der Waals surface area contributed by atoms with E-state index in [2.05, 4.69) is 10.6 Å². The van der Waals surface area contributed by atoms with E-state index in [-0.39, 0.29) is 5.91 Å². The van der Waals surface area contributed by atoms with Crippen LogP contribution in [0.1, 0.15) is 22.8 Å². The number of hydrogen-bond donors (Lipinski definition) is 3. The first-order valence-electron chi connectivity index (χ1n) is 5.48. The van der Waals surface area contributed by atoms with E-state index in [4.69, 9.17) is 5.11 Å². The second kappa shape index (κ2) is 4.45. The lowest BCUT2D eigenvalue weighted by Crippen LogP contribution is -2.38. The molecule has 1 aliphatic rings. The summed E-state index contributed by atoms with van der Waals surface area (Å²) < 4.78 is 0. The molecule has 3 N–H and O–H groups in total. The van der Waals surface area contributed by atoms with Gasteiger partial charge in [-0.3, -0.25) is 9.59 Å². The Morgan fingerprint density at radius 2 is 2.24 bits per heavy atom. The third-order valence-corrected chi connectivity index (χ3v) is 2.80. The average Bonchev–Trinajstić information content (AvgIpc) is 2.75. The molecular formula is C12H14N2O3. The molecule has 0 saturated carbocycles. The van der Waals surface area contributed by atoms with Crippen molar-refractivity contribution in [1.82, 2.24) is 5.32 Å². The molecule has 2 rings (SSSR count). The highest BCUT2D eigenvalue weighted by atomic mass is 16.4. The van der Waals surface area contributed by atoms with Crippen LogP contribution in [0.3, 0.4) is 0 Å². The number of rotatable bonds is 3. The molecule has 1 amide bonds. The number of carboxylic acids is 1. The van der Waals surface area contributed by atoms with Crippen molar-refractivity contribution in [2.75, 3.05) is 11.9 Å². The van der Waals surface area contributed by atoms with Crippen molar-refractivity contribution in [3.05, 3.63) is 29.3 Å². The Morgan fingerprint density at radius 3 is 2.94 bits per heavy atom. The molecule has 17 heavy (non-hydrogen) atoms. The lowest BCUT2D eigenvalue weighted by molar-refractivity contribution is -0.138. The number of fused-ring (bicyclic) bond motifs is 1. The summed E-state index contributed by atoms with van der Waals surface area (Å²) in [6.07, 6.45) is 0.961. The SMILES string of the molecule is C[C@H](NC(=O)c1ccc2c(c1)NCC2)C(=O)O. The smallest absolute Gasteiger partial charge is 0.325 e. The van der Waals surface area contributed by atoms with Gasteiger partial charge in [0.15, 0.2) is 0 Å². The van der Waals surface area contributed by atoms with Gasteiger partial charge in [-0.1, -0.05) is 6.07 Å². The molecule has 0 bridgehead atoms. The van der Waals surface area contributed by atoms with Crippen LogP contribution in [0.4, 0.5) is 5.69 Å². The number of anilines is 1.